The van der Waals surface area contributed by atoms with E-state index in [0.717, 1.165) is 18.6 Å². The van der Waals surface area contributed by atoms with Crippen LogP contribution in [0.15, 0.2) is 0 Å². The van der Waals surface area contributed by atoms with Gasteiger partial charge in [0.2, 0.25) is 0 Å². The maximum Gasteiger partial charge on any atom is 0.0431 e. The van der Waals surface area contributed by atoms with Crippen LogP contribution in [0.5, 0.6) is 0 Å². The zero-order chi connectivity index (χ0) is 12.8. The number of hydrogen-bond acceptors (Lipinski definition) is 2. The van der Waals surface area contributed by atoms with Gasteiger partial charge in [0, 0.05) is 29.4 Å². The van der Waals surface area contributed by atoms with Crippen LogP contribution >= 0.6 is 0 Å². The quantitative estimate of drug-likeness (QED) is 0.514. The van der Waals surface area contributed by atoms with E-state index < -0.39 is 10.8 Å². The van der Waals surface area contributed by atoms with Crippen LogP contribution in [0.4, 0.5) is 0 Å². The zero-order valence-electron chi connectivity index (χ0n) is 11.5. The molecule has 0 rings (SSSR count). The molecule has 0 amide bonds. The summed E-state index contributed by atoms with van der Waals surface area (Å²) in [5.41, 5.74) is 0. The highest BCUT2D eigenvalue weighted by Crippen LogP contribution is 2.11. The van der Waals surface area contributed by atoms with Crippen molar-refractivity contribution >= 4 is 10.8 Å². The average Bonchev–Trinajstić information content (AvgIpc) is 2.30. The van der Waals surface area contributed by atoms with Gasteiger partial charge in [-0.05, 0) is 12.8 Å². The third kappa shape index (κ3) is 16.1. The summed E-state index contributed by atoms with van der Waals surface area (Å²) in [7, 11) is -0.598. The maximum atomic E-state index is 10.8. The number of rotatable bonds is 13. The molecule has 0 saturated carbocycles. The van der Waals surface area contributed by atoms with E-state index in [1.165, 1.54) is 57.8 Å². The Morgan fingerprint density at radius 1 is 0.706 bits per heavy atom. The second-order valence-corrected chi connectivity index (χ2v) is 6.44. The fourth-order valence-electron chi connectivity index (χ4n) is 2.01. The first-order valence-corrected chi connectivity index (χ1v) is 8.91. The van der Waals surface area contributed by atoms with Gasteiger partial charge < -0.3 is 5.11 Å². The number of aliphatic hydroxyl groups is 1. The van der Waals surface area contributed by atoms with E-state index in [9.17, 15) is 4.21 Å². The Bertz CT molecular complexity index is 172. The van der Waals surface area contributed by atoms with E-state index in [4.69, 9.17) is 5.11 Å². The molecule has 1 N–H and O–H groups in total. The molecule has 0 aliphatic carbocycles. The van der Waals surface area contributed by atoms with Crippen LogP contribution in [0.2, 0.25) is 0 Å². The fraction of sp³-hybridized carbons (Fsp3) is 1.00. The zero-order valence-corrected chi connectivity index (χ0v) is 12.3. The number of aliphatic hydroxyl groups excluding tert-OH is 1. The minimum atomic E-state index is -0.598. The molecular weight excluding hydrogens is 232 g/mol. The Morgan fingerprint density at radius 3 is 1.41 bits per heavy atom. The predicted octanol–water partition coefficient (Wildman–Crippen LogP) is 3.65. The Hall–Kier alpha value is 0.110. The van der Waals surface area contributed by atoms with Crippen molar-refractivity contribution in [3.63, 3.8) is 0 Å². The molecule has 0 radical (unpaired) electrons. The van der Waals surface area contributed by atoms with E-state index in [1.54, 1.807) is 6.26 Å². The van der Waals surface area contributed by atoms with Crippen LogP contribution in [0, 0.1) is 0 Å². The molecule has 0 aromatic carbocycles. The van der Waals surface area contributed by atoms with Crippen LogP contribution in [-0.2, 0) is 10.8 Å². The third-order valence-electron chi connectivity index (χ3n) is 3.09. The van der Waals surface area contributed by atoms with Gasteiger partial charge in [0.25, 0.3) is 0 Å². The highest BCUT2D eigenvalue weighted by molar-refractivity contribution is 7.84. The van der Waals surface area contributed by atoms with Crippen molar-refractivity contribution in [3.05, 3.63) is 0 Å². The molecule has 0 aromatic heterocycles. The van der Waals surface area contributed by atoms with E-state index >= 15 is 0 Å². The normalized spacial score (nSPS) is 12.8. The van der Waals surface area contributed by atoms with Crippen LogP contribution in [0.25, 0.3) is 0 Å². The van der Waals surface area contributed by atoms with Gasteiger partial charge in [0.05, 0.1) is 0 Å². The fourth-order valence-corrected chi connectivity index (χ4v) is 2.62. The van der Waals surface area contributed by atoms with Gasteiger partial charge in [0.1, 0.15) is 0 Å². The van der Waals surface area contributed by atoms with E-state index in [1.807, 2.05) is 0 Å². The summed E-state index contributed by atoms with van der Waals surface area (Å²) in [6.07, 6.45) is 15.6. The lowest BCUT2D eigenvalue weighted by molar-refractivity contribution is 0.282. The van der Waals surface area contributed by atoms with Crippen LogP contribution in [0.3, 0.4) is 0 Å². The summed E-state index contributed by atoms with van der Waals surface area (Å²) in [4.78, 5) is 0. The molecule has 0 aromatic rings. The van der Waals surface area contributed by atoms with E-state index in [0.29, 0.717) is 6.61 Å². The molecule has 1 atom stereocenters. The van der Waals surface area contributed by atoms with Gasteiger partial charge in [0.15, 0.2) is 0 Å². The van der Waals surface area contributed by atoms with Gasteiger partial charge in [-0.2, -0.15) is 0 Å². The van der Waals surface area contributed by atoms with Crippen LogP contribution in [0.1, 0.15) is 70.6 Å². The molecule has 0 heterocycles. The lowest BCUT2D eigenvalue weighted by Crippen LogP contribution is -1.93. The molecule has 1 unspecified atom stereocenters. The SMILES string of the molecule is CS(=O)CCCCCCCCCCCCCO. The molecule has 2 nitrogen and oxygen atoms in total. The standard InChI is InChI=1S/C14H30O2S/c1-17(16)14-12-10-8-6-4-2-3-5-7-9-11-13-15/h15H,2-14H2,1H3. The summed E-state index contributed by atoms with van der Waals surface area (Å²) in [5, 5.41) is 8.62. The maximum absolute atomic E-state index is 10.8. The monoisotopic (exact) mass is 262 g/mol. The summed E-state index contributed by atoms with van der Waals surface area (Å²) >= 11 is 0. The third-order valence-corrected chi connectivity index (χ3v) is 3.95. The molecule has 17 heavy (non-hydrogen) atoms. The van der Waals surface area contributed by atoms with Crippen molar-refractivity contribution in [1.29, 1.82) is 0 Å². The predicted molar refractivity (Wildman–Crippen MR) is 76.8 cm³/mol. The van der Waals surface area contributed by atoms with Crippen LogP contribution in [-0.4, -0.2) is 27.9 Å². The van der Waals surface area contributed by atoms with Gasteiger partial charge >= 0.3 is 0 Å². The van der Waals surface area contributed by atoms with Crippen molar-refractivity contribution in [3.8, 4) is 0 Å². The summed E-state index contributed by atoms with van der Waals surface area (Å²) in [6.45, 7) is 0.350. The second kappa shape index (κ2) is 14.2. The lowest BCUT2D eigenvalue weighted by atomic mass is 10.1. The van der Waals surface area contributed by atoms with Crippen molar-refractivity contribution in [2.45, 2.75) is 70.6 Å². The van der Waals surface area contributed by atoms with Crippen molar-refractivity contribution in [2.24, 2.45) is 0 Å². The highest BCUT2D eigenvalue weighted by Gasteiger charge is 1.94. The first-order chi connectivity index (χ1) is 8.27. The minimum Gasteiger partial charge on any atom is -0.396 e. The topological polar surface area (TPSA) is 37.3 Å². The smallest absolute Gasteiger partial charge is 0.0431 e. The highest BCUT2D eigenvalue weighted by atomic mass is 32.2. The van der Waals surface area contributed by atoms with Gasteiger partial charge in [-0.15, -0.1) is 0 Å². The van der Waals surface area contributed by atoms with Gasteiger partial charge in [-0.25, -0.2) is 0 Å². The average molecular weight is 262 g/mol. The minimum absolute atomic E-state index is 0.350. The molecule has 0 spiro atoms. The number of hydrogen-bond donors (Lipinski definition) is 1. The second-order valence-electron chi connectivity index (χ2n) is 4.89. The Morgan fingerprint density at radius 2 is 1.06 bits per heavy atom. The van der Waals surface area contributed by atoms with Crippen molar-refractivity contribution in [2.75, 3.05) is 18.6 Å². The van der Waals surface area contributed by atoms with E-state index in [2.05, 4.69) is 0 Å². The molecular formula is C14H30O2S. The lowest BCUT2D eigenvalue weighted by Gasteiger charge is -2.02. The van der Waals surface area contributed by atoms with Gasteiger partial charge in [-0.3, -0.25) is 4.21 Å². The van der Waals surface area contributed by atoms with Crippen molar-refractivity contribution in [1.82, 2.24) is 0 Å². The van der Waals surface area contributed by atoms with Gasteiger partial charge in [-0.1, -0.05) is 57.8 Å². The molecule has 104 valence electrons. The first-order valence-electron chi connectivity index (χ1n) is 7.18. The summed E-state index contributed by atoms with van der Waals surface area (Å²) in [5.74, 6) is 0.880. The molecule has 0 saturated heterocycles. The summed E-state index contributed by atoms with van der Waals surface area (Å²) < 4.78 is 10.8. The Balaban J connectivity index is 2.91. The van der Waals surface area contributed by atoms with Crippen LogP contribution < -0.4 is 0 Å². The molecule has 3 heteroatoms. The van der Waals surface area contributed by atoms with E-state index in [-0.39, 0.29) is 0 Å². The summed E-state index contributed by atoms with van der Waals surface area (Å²) in [6, 6.07) is 0. The molecule has 0 aliphatic rings. The largest absolute Gasteiger partial charge is 0.396 e. The molecule has 0 fully saturated rings. The molecule has 0 bridgehead atoms. The van der Waals surface area contributed by atoms with Crippen molar-refractivity contribution < 1.29 is 9.32 Å². The molecule has 0 aliphatic heterocycles. The Kier molecular flexibility index (Phi) is 14.3. The Labute approximate surface area is 110 Å². The number of unbranched alkanes of at least 4 members (excludes halogenated alkanes) is 10. The first kappa shape index (κ1) is 17.1.